The van der Waals surface area contributed by atoms with Crippen molar-refractivity contribution in [2.24, 2.45) is 0 Å². The lowest BCUT2D eigenvalue weighted by Gasteiger charge is -2.25. The number of nitro groups is 1. The van der Waals surface area contributed by atoms with Gasteiger partial charge in [-0.3, -0.25) is 14.9 Å². The number of amides is 1. The Labute approximate surface area is 138 Å². The predicted octanol–water partition coefficient (Wildman–Crippen LogP) is 2.73. The van der Waals surface area contributed by atoms with E-state index in [0.717, 1.165) is 0 Å². The number of benzene rings is 1. The lowest BCUT2D eigenvalue weighted by Crippen LogP contribution is -2.39. The smallest absolute Gasteiger partial charge is 0.270 e. The van der Waals surface area contributed by atoms with Gasteiger partial charge in [0.2, 0.25) is 5.91 Å². The molecule has 2 heterocycles. The summed E-state index contributed by atoms with van der Waals surface area (Å²) in [7, 11) is 0. The summed E-state index contributed by atoms with van der Waals surface area (Å²) in [5.74, 6) is 0.932. The second-order valence-corrected chi connectivity index (χ2v) is 5.28. The number of carbonyl (C=O) groups is 1. The molecular weight excluding hydrogens is 312 g/mol. The summed E-state index contributed by atoms with van der Waals surface area (Å²) < 4.78 is 10.8. The van der Waals surface area contributed by atoms with E-state index in [9.17, 15) is 14.9 Å². The highest BCUT2D eigenvalue weighted by atomic mass is 16.6. The van der Waals surface area contributed by atoms with E-state index in [1.165, 1.54) is 18.2 Å². The molecule has 0 bridgehead atoms. The molecule has 7 heteroatoms. The van der Waals surface area contributed by atoms with Crippen molar-refractivity contribution in [3.8, 4) is 11.3 Å². The van der Waals surface area contributed by atoms with Crippen LogP contribution in [0.4, 0.5) is 5.69 Å². The maximum absolute atomic E-state index is 12.0. The standard InChI is InChI=1S/C17H16N2O5/c20-17(18-8-10-23-11-9-18)7-5-15-4-6-16(24-15)13-2-1-3-14(12-13)19(21)22/h1-7,12H,8-11H2. The maximum atomic E-state index is 12.0. The highest BCUT2D eigenvalue weighted by Crippen LogP contribution is 2.26. The molecule has 124 valence electrons. The average molecular weight is 328 g/mol. The van der Waals surface area contributed by atoms with Crippen LogP contribution in [0.1, 0.15) is 5.76 Å². The monoisotopic (exact) mass is 328 g/mol. The van der Waals surface area contributed by atoms with Crippen LogP contribution in [-0.4, -0.2) is 42.0 Å². The van der Waals surface area contributed by atoms with Crippen molar-refractivity contribution in [2.75, 3.05) is 26.3 Å². The molecule has 1 aromatic heterocycles. The molecule has 0 N–H and O–H groups in total. The van der Waals surface area contributed by atoms with Crippen LogP contribution in [-0.2, 0) is 9.53 Å². The van der Waals surface area contributed by atoms with Crippen molar-refractivity contribution < 1.29 is 18.9 Å². The number of nitro benzene ring substituents is 1. The van der Waals surface area contributed by atoms with E-state index < -0.39 is 4.92 Å². The van der Waals surface area contributed by atoms with Gasteiger partial charge in [-0.1, -0.05) is 12.1 Å². The Kier molecular flexibility index (Phi) is 4.72. The van der Waals surface area contributed by atoms with Gasteiger partial charge in [0.05, 0.1) is 18.1 Å². The summed E-state index contributed by atoms with van der Waals surface area (Å²) in [6, 6.07) is 9.65. The van der Waals surface area contributed by atoms with Gasteiger partial charge in [-0.2, -0.15) is 0 Å². The minimum atomic E-state index is -0.450. The van der Waals surface area contributed by atoms with Crippen LogP contribution in [0.2, 0.25) is 0 Å². The molecule has 2 aromatic rings. The zero-order valence-corrected chi connectivity index (χ0v) is 12.9. The Morgan fingerprint density at radius 1 is 1.21 bits per heavy atom. The molecule has 0 saturated carbocycles. The van der Waals surface area contributed by atoms with E-state index in [2.05, 4.69) is 0 Å². The number of nitrogens with zero attached hydrogens (tertiary/aromatic N) is 2. The molecule has 0 unspecified atom stereocenters. The maximum Gasteiger partial charge on any atom is 0.270 e. The number of morpholine rings is 1. The molecule has 24 heavy (non-hydrogen) atoms. The summed E-state index contributed by atoms with van der Waals surface area (Å²) in [5.41, 5.74) is 0.617. The molecular formula is C17H16N2O5. The Morgan fingerprint density at radius 3 is 2.75 bits per heavy atom. The first kappa shape index (κ1) is 15.9. The van der Waals surface area contributed by atoms with Crippen molar-refractivity contribution in [1.82, 2.24) is 4.90 Å². The number of rotatable bonds is 4. The quantitative estimate of drug-likeness (QED) is 0.489. The molecule has 0 aliphatic carbocycles. The molecule has 1 aliphatic heterocycles. The summed E-state index contributed by atoms with van der Waals surface area (Å²) in [6.07, 6.45) is 3.06. The second kappa shape index (κ2) is 7.10. The Hall–Kier alpha value is -2.93. The molecule has 1 aromatic carbocycles. The minimum absolute atomic E-state index is 0.00323. The van der Waals surface area contributed by atoms with Gasteiger partial charge in [0.15, 0.2) is 0 Å². The van der Waals surface area contributed by atoms with Crippen LogP contribution in [0.25, 0.3) is 17.4 Å². The Bertz CT molecular complexity index is 775. The first-order valence-electron chi connectivity index (χ1n) is 7.53. The van der Waals surface area contributed by atoms with E-state index >= 15 is 0 Å². The highest BCUT2D eigenvalue weighted by Gasteiger charge is 2.14. The third-order valence-corrected chi connectivity index (χ3v) is 3.68. The number of carbonyl (C=O) groups excluding carboxylic acids is 1. The molecule has 1 saturated heterocycles. The molecule has 0 atom stereocenters. The SMILES string of the molecule is O=C(C=Cc1ccc(-c2cccc([N+](=O)[O-])c2)o1)N1CCOCC1. The molecule has 1 amide bonds. The molecule has 3 rings (SSSR count). The number of furan rings is 1. The zero-order chi connectivity index (χ0) is 16.9. The normalized spacial score (nSPS) is 14.9. The van der Waals surface area contributed by atoms with Crippen LogP contribution in [0.15, 0.2) is 46.9 Å². The fraction of sp³-hybridized carbons (Fsp3) is 0.235. The number of non-ortho nitro benzene ring substituents is 1. The van der Waals surface area contributed by atoms with Crippen LogP contribution in [0.5, 0.6) is 0 Å². The van der Waals surface area contributed by atoms with E-state index in [1.54, 1.807) is 35.2 Å². The van der Waals surface area contributed by atoms with E-state index in [0.29, 0.717) is 43.4 Å². The third-order valence-electron chi connectivity index (χ3n) is 3.68. The molecule has 7 nitrogen and oxygen atoms in total. The molecule has 0 spiro atoms. The lowest BCUT2D eigenvalue weighted by molar-refractivity contribution is -0.384. The van der Waals surface area contributed by atoms with Gasteiger partial charge in [0, 0.05) is 36.9 Å². The van der Waals surface area contributed by atoms with Crippen molar-refractivity contribution in [3.05, 3.63) is 58.3 Å². The number of ether oxygens (including phenoxy) is 1. The van der Waals surface area contributed by atoms with Crippen LogP contribution < -0.4 is 0 Å². The largest absolute Gasteiger partial charge is 0.457 e. The molecule has 1 aliphatic rings. The van der Waals surface area contributed by atoms with Crippen molar-refractivity contribution in [2.45, 2.75) is 0 Å². The number of hydrogen-bond donors (Lipinski definition) is 0. The summed E-state index contributed by atoms with van der Waals surface area (Å²) in [6.45, 7) is 2.27. The Morgan fingerprint density at radius 2 is 2.00 bits per heavy atom. The average Bonchev–Trinajstić information content (AvgIpc) is 3.09. The predicted molar refractivity (Wildman–Crippen MR) is 87.2 cm³/mol. The molecule has 1 fully saturated rings. The van der Waals surface area contributed by atoms with Gasteiger partial charge in [0.1, 0.15) is 11.5 Å². The van der Waals surface area contributed by atoms with Crippen molar-refractivity contribution in [3.63, 3.8) is 0 Å². The molecule has 0 radical (unpaired) electrons. The van der Waals surface area contributed by atoms with E-state index in [1.807, 2.05) is 0 Å². The highest BCUT2D eigenvalue weighted by molar-refractivity contribution is 5.91. The van der Waals surface area contributed by atoms with Crippen LogP contribution in [0, 0.1) is 10.1 Å². The fourth-order valence-electron chi connectivity index (χ4n) is 2.41. The zero-order valence-electron chi connectivity index (χ0n) is 12.9. The van der Waals surface area contributed by atoms with Crippen molar-refractivity contribution in [1.29, 1.82) is 0 Å². The summed E-state index contributed by atoms with van der Waals surface area (Å²) >= 11 is 0. The van der Waals surface area contributed by atoms with Gasteiger partial charge in [-0.15, -0.1) is 0 Å². The van der Waals surface area contributed by atoms with Crippen LogP contribution >= 0.6 is 0 Å². The lowest BCUT2D eigenvalue weighted by atomic mass is 10.1. The van der Waals surface area contributed by atoms with Gasteiger partial charge >= 0.3 is 0 Å². The van der Waals surface area contributed by atoms with Crippen LogP contribution in [0.3, 0.4) is 0 Å². The minimum Gasteiger partial charge on any atom is -0.457 e. The Balaban J connectivity index is 1.71. The fourth-order valence-corrected chi connectivity index (χ4v) is 2.41. The van der Waals surface area contributed by atoms with E-state index in [4.69, 9.17) is 9.15 Å². The first-order valence-corrected chi connectivity index (χ1v) is 7.53. The van der Waals surface area contributed by atoms with Gasteiger partial charge in [0.25, 0.3) is 5.69 Å². The van der Waals surface area contributed by atoms with Gasteiger partial charge in [-0.25, -0.2) is 0 Å². The second-order valence-electron chi connectivity index (χ2n) is 5.28. The van der Waals surface area contributed by atoms with Crippen molar-refractivity contribution >= 4 is 17.7 Å². The third kappa shape index (κ3) is 3.69. The number of hydrogen-bond acceptors (Lipinski definition) is 5. The summed E-state index contributed by atoms with van der Waals surface area (Å²) in [4.78, 5) is 24.1. The van der Waals surface area contributed by atoms with E-state index in [-0.39, 0.29) is 11.6 Å². The topological polar surface area (TPSA) is 85.8 Å². The summed E-state index contributed by atoms with van der Waals surface area (Å²) in [5, 5.41) is 10.8. The van der Waals surface area contributed by atoms with Gasteiger partial charge in [-0.05, 0) is 18.2 Å². The van der Waals surface area contributed by atoms with Gasteiger partial charge < -0.3 is 14.1 Å². The first-order chi connectivity index (χ1) is 11.6.